The van der Waals surface area contributed by atoms with Crippen LogP contribution < -0.4 is 10.5 Å². The minimum absolute atomic E-state index is 0.0185. The smallest absolute Gasteiger partial charge is 0.252 e. The van der Waals surface area contributed by atoms with Crippen molar-refractivity contribution >= 4 is 5.95 Å². The molecule has 0 spiro atoms. The van der Waals surface area contributed by atoms with Crippen LogP contribution >= 0.6 is 0 Å². The minimum Gasteiger partial charge on any atom is -0.342 e. The van der Waals surface area contributed by atoms with Gasteiger partial charge in [0.1, 0.15) is 0 Å². The molecule has 146 valence electrons. The van der Waals surface area contributed by atoms with Gasteiger partial charge in [0.15, 0.2) is 0 Å². The van der Waals surface area contributed by atoms with E-state index in [0.717, 1.165) is 63.8 Å². The molecule has 2 aromatic heterocycles. The van der Waals surface area contributed by atoms with Gasteiger partial charge < -0.3 is 4.90 Å². The van der Waals surface area contributed by atoms with E-state index in [1.165, 1.54) is 24.8 Å². The quantitative estimate of drug-likeness (QED) is 0.875. The molecule has 0 unspecified atom stereocenters. The second-order valence-corrected chi connectivity index (χ2v) is 7.80. The number of piperidine rings is 2. The fourth-order valence-electron chi connectivity index (χ4n) is 4.23. The fraction of sp³-hybridized carbons (Fsp3) is 0.650. The number of likely N-dealkylation sites (tertiary alicyclic amines) is 1. The Hall–Kier alpha value is -2.15. The van der Waals surface area contributed by atoms with E-state index in [-0.39, 0.29) is 5.56 Å². The van der Waals surface area contributed by atoms with Gasteiger partial charge in [0, 0.05) is 49.9 Å². The largest absolute Gasteiger partial charge is 0.342 e. The predicted molar refractivity (Wildman–Crippen MR) is 106 cm³/mol. The Kier molecular flexibility index (Phi) is 5.57. The van der Waals surface area contributed by atoms with Gasteiger partial charge in [-0.05, 0) is 52.1 Å². The van der Waals surface area contributed by atoms with Crippen LogP contribution in [0, 0.1) is 0 Å². The van der Waals surface area contributed by atoms with Gasteiger partial charge in [0.05, 0.1) is 11.9 Å². The van der Waals surface area contributed by atoms with Crippen LogP contribution in [0.25, 0.3) is 0 Å². The number of aryl methyl sites for hydroxylation is 1. The third kappa shape index (κ3) is 4.40. The molecule has 0 aromatic carbocycles. The summed E-state index contributed by atoms with van der Waals surface area (Å²) in [7, 11) is 0. The van der Waals surface area contributed by atoms with Gasteiger partial charge in [0.25, 0.3) is 5.56 Å². The van der Waals surface area contributed by atoms with E-state index in [1.54, 1.807) is 6.07 Å². The Bertz CT molecular complexity index is 799. The highest BCUT2D eigenvalue weighted by molar-refractivity contribution is 5.31. The number of hydrogen-bond donors (Lipinski definition) is 1. The molecular weight excluding hydrogens is 340 g/mol. The van der Waals surface area contributed by atoms with Gasteiger partial charge >= 0.3 is 0 Å². The lowest BCUT2D eigenvalue weighted by atomic mass is 9.93. The van der Waals surface area contributed by atoms with E-state index < -0.39 is 0 Å². The van der Waals surface area contributed by atoms with Crippen molar-refractivity contribution in [3.8, 4) is 0 Å². The van der Waals surface area contributed by atoms with Crippen LogP contribution in [0.4, 0.5) is 5.95 Å². The summed E-state index contributed by atoms with van der Waals surface area (Å²) in [6, 6.07) is 1.71. The maximum absolute atomic E-state index is 12.2. The molecule has 4 rings (SSSR count). The molecule has 2 aromatic rings. The molecule has 4 heterocycles. The second kappa shape index (κ2) is 8.25. The van der Waals surface area contributed by atoms with Crippen molar-refractivity contribution in [2.24, 2.45) is 0 Å². The Balaban J connectivity index is 1.38. The molecule has 2 aliphatic rings. The predicted octanol–water partition coefficient (Wildman–Crippen LogP) is 2.36. The lowest BCUT2D eigenvalue weighted by Gasteiger charge is -2.32. The average Bonchev–Trinajstić information content (AvgIpc) is 3.16. The molecule has 2 saturated heterocycles. The summed E-state index contributed by atoms with van der Waals surface area (Å²) in [5.74, 6) is 1.15. The van der Waals surface area contributed by atoms with Crippen LogP contribution in [0.15, 0.2) is 23.3 Å². The molecule has 0 saturated carbocycles. The van der Waals surface area contributed by atoms with Gasteiger partial charge in [0.2, 0.25) is 5.95 Å². The third-order valence-corrected chi connectivity index (χ3v) is 5.83. The first-order valence-electron chi connectivity index (χ1n) is 10.3. The van der Waals surface area contributed by atoms with Crippen molar-refractivity contribution in [2.45, 2.75) is 58.0 Å². The summed E-state index contributed by atoms with van der Waals surface area (Å²) in [6.07, 6.45) is 9.85. The van der Waals surface area contributed by atoms with E-state index in [1.807, 2.05) is 10.9 Å². The topological polar surface area (TPSA) is 70.1 Å². The van der Waals surface area contributed by atoms with Crippen molar-refractivity contribution in [3.63, 3.8) is 0 Å². The van der Waals surface area contributed by atoms with Crippen LogP contribution in [0.3, 0.4) is 0 Å². The number of rotatable bonds is 5. The second-order valence-electron chi connectivity index (χ2n) is 7.80. The number of hydrogen-bond acceptors (Lipinski definition) is 5. The van der Waals surface area contributed by atoms with Crippen molar-refractivity contribution in [2.75, 3.05) is 31.1 Å². The highest BCUT2D eigenvalue weighted by Gasteiger charge is 2.24. The maximum Gasteiger partial charge on any atom is 0.252 e. The van der Waals surface area contributed by atoms with Crippen LogP contribution in [0.2, 0.25) is 0 Å². The van der Waals surface area contributed by atoms with Crippen LogP contribution in [-0.2, 0) is 13.1 Å². The molecule has 2 fully saturated rings. The van der Waals surface area contributed by atoms with Crippen molar-refractivity contribution in [3.05, 3.63) is 40.1 Å². The molecule has 0 amide bonds. The van der Waals surface area contributed by atoms with E-state index in [9.17, 15) is 4.79 Å². The Morgan fingerprint density at radius 3 is 2.63 bits per heavy atom. The Labute approximate surface area is 160 Å². The Morgan fingerprint density at radius 2 is 1.93 bits per heavy atom. The molecule has 0 bridgehead atoms. The maximum atomic E-state index is 12.2. The zero-order valence-corrected chi connectivity index (χ0v) is 16.2. The molecule has 7 nitrogen and oxygen atoms in total. The number of nitrogens with zero attached hydrogens (tertiary/aromatic N) is 5. The number of aromatic amines is 1. The highest BCUT2D eigenvalue weighted by atomic mass is 16.1. The molecular formula is C20H30N6O. The lowest BCUT2D eigenvalue weighted by molar-refractivity contribution is 0.203. The SMILES string of the molecule is CCn1cc(CN2CCC(c3cc(=O)[nH]c(N4CCCCC4)n3)CC2)cn1. The van der Waals surface area contributed by atoms with Gasteiger partial charge in [-0.2, -0.15) is 5.10 Å². The van der Waals surface area contributed by atoms with Gasteiger partial charge in [-0.25, -0.2) is 4.98 Å². The van der Waals surface area contributed by atoms with Gasteiger partial charge in [-0.1, -0.05) is 0 Å². The van der Waals surface area contributed by atoms with Gasteiger partial charge in [-0.3, -0.25) is 19.4 Å². The normalized spacial score (nSPS) is 19.5. The monoisotopic (exact) mass is 370 g/mol. The first-order valence-corrected chi connectivity index (χ1v) is 10.3. The van der Waals surface area contributed by atoms with Crippen LogP contribution in [-0.4, -0.2) is 50.8 Å². The molecule has 0 radical (unpaired) electrons. The highest BCUT2D eigenvalue weighted by Crippen LogP contribution is 2.28. The van der Waals surface area contributed by atoms with Gasteiger partial charge in [-0.15, -0.1) is 0 Å². The molecule has 1 N–H and O–H groups in total. The lowest BCUT2D eigenvalue weighted by Crippen LogP contribution is -2.35. The minimum atomic E-state index is -0.0185. The average molecular weight is 371 g/mol. The van der Waals surface area contributed by atoms with E-state index in [2.05, 4.69) is 33.0 Å². The molecule has 0 atom stereocenters. The summed E-state index contributed by atoms with van der Waals surface area (Å²) in [5.41, 5.74) is 2.23. The molecule has 0 aliphatic carbocycles. The van der Waals surface area contributed by atoms with Crippen molar-refractivity contribution in [1.29, 1.82) is 0 Å². The van der Waals surface area contributed by atoms with E-state index >= 15 is 0 Å². The first kappa shape index (κ1) is 18.2. The first-order chi connectivity index (χ1) is 13.2. The van der Waals surface area contributed by atoms with Crippen molar-refractivity contribution < 1.29 is 0 Å². The summed E-state index contributed by atoms with van der Waals surface area (Å²) in [4.78, 5) is 24.7. The Morgan fingerprint density at radius 1 is 1.15 bits per heavy atom. The molecule has 2 aliphatic heterocycles. The third-order valence-electron chi connectivity index (χ3n) is 5.83. The van der Waals surface area contributed by atoms with E-state index in [0.29, 0.717) is 5.92 Å². The summed E-state index contributed by atoms with van der Waals surface area (Å²) in [5, 5.41) is 4.36. The zero-order valence-electron chi connectivity index (χ0n) is 16.2. The molecule has 27 heavy (non-hydrogen) atoms. The number of nitrogens with one attached hydrogen (secondary N) is 1. The zero-order chi connectivity index (χ0) is 18.6. The summed E-state index contributed by atoms with van der Waals surface area (Å²) >= 11 is 0. The molecule has 7 heteroatoms. The summed E-state index contributed by atoms with van der Waals surface area (Å²) < 4.78 is 1.98. The standard InChI is InChI=1S/C20H30N6O/c1-2-26-15-16(13-21-26)14-24-10-6-17(7-11-24)18-12-19(27)23-20(22-18)25-8-4-3-5-9-25/h12-13,15,17H,2-11,14H2,1H3,(H,22,23,27). The number of anilines is 1. The van der Waals surface area contributed by atoms with Crippen LogP contribution in [0.5, 0.6) is 0 Å². The van der Waals surface area contributed by atoms with Crippen molar-refractivity contribution in [1.82, 2.24) is 24.6 Å². The van der Waals surface area contributed by atoms with Crippen LogP contribution in [0.1, 0.15) is 56.2 Å². The van der Waals surface area contributed by atoms with E-state index in [4.69, 9.17) is 4.98 Å². The fourth-order valence-corrected chi connectivity index (χ4v) is 4.23. The summed E-state index contributed by atoms with van der Waals surface area (Å²) in [6.45, 7) is 8.04. The number of H-pyrrole nitrogens is 1. The number of aromatic nitrogens is 4.